The third kappa shape index (κ3) is 3.69. The highest BCUT2D eigenvalue weighted by Gasteiger charge is 2.24. The fraction of sp³-hybridized carbons (Fsp3) is 0.667. The summed E-state index contributed by atoms with van der Waals surface area (Å²) < 4.78 is 31.5. The van der Waals surface area contributed by atoms with Crippen LogP contribution < -0.4 is 10.5 Å². The Morgan fingerprint density at radius 3 is 2.71 bits per heavy atom. The lowest BCUT2D eigenvalue weighted by molar-refractivity contribution is -0.00514. The summed E-state index contributed by atoms with van der Waals surface area (Å²) in [5.41, 5.74) is 4.89. The van der Waals surface area contributed by atoms with E-state index in [0.29, 0.717) is 6.61 Å². The molecule has 98 valence electrons. The number of rotatable bonds is 6. The molecule has 0 aliphatic carbocycles. The van der Waals surface area contributed by atoms with Crippen LogP contribution in [0, 0.1) is 0 Å². The Morgan fingerprint density at radius 2 is 2.24 bits per heavy atom. The van der Waals surface area contributed by atoms with E-state index in [-0.39, 0.29) is 17.3 Å². The van der Waals surface area contributed by atoms with Gasteiger partial charge in [0.1, 0.15) is 10.7 Å². The monoisotopic (exact) mass is 262 g/mol. The van der Waals surface area contributed by atoms with Gasteiger partial charge in [-0.15, -0.1) is 0 Å². The first-order chi connectivity index (χ1) is 7.78. The molecule has 8 heteroatoms. The highest BCUT2D eigenvalue weighted by Crippen LogP contribution is 2.15. The summed E-state index contributed by atoms with van der Waals surface area (Å²) in [7, 11) is -3.65. The molecule has 1 aromatic rings. The van der Waals surface area contributed by atoms with Gasteiger partial charge >= 0.3 is 0 Å². The maximum atomic E-state index is 11.9. The number of nitrogen functional groups attached to an aromatic ring is 1. The van der Waals surface area contributed by atoms with Crippen LogP contribution in [0.4, 0.5) is 5.82 Å². The number of nitrogens with two attached hydrogens (primary N) is 1. The maximum absolute atomic E-state index is 11.9. The molecule has 0 saturated heterocycles. The second-order valence-electron chi connectivity index (χ2n) is 4.17. The van der Waals surface area contributed by atoms with Gasteiger partial charge in [0, 0.05) is 13.2 Å². The molecule has 0 aliphatic rings. The topological polar surface area (TPSA) is 110 Å². The first-order valence-corrected chi connectivity index (χ1v) is 6.69. The van der Waals surface area contributed by atoms with E-state index in [0.717, 1.165) is 0 Å². The van der Waals surface area contributed by atoms with Crippen LogP contribution in [0.25, 0.3) is 0 Å². The van der Waals surface area contributed by atoms with Gasteiger partial charge in [0.2, 0.25) is 10.0 Å². The molecule has 0 atom stereocenters. The highest BCUT2D eigenvalue weighted by atomic mass is 32.2. The number of hydrogen-bond acceptors (Lipinski definition) is 5. The minimum absolute atomic E-state index is 0.0201. The summed E-state index contributed by atoms with van der Waals surface area (Å²) in [4.78, 5) is -0.0511. The zero-order chi connectivity index (χ0) is 13.1. The van der Waals surface area contributed by atoms with Gasteiger partial charge in [-0.2, -0.15) is 5.10 Å². The van der Waals surface area contributed by atoms with E-state index >= 15 is 0 Å². The Morgan fingerprint density at radius 1 is 1.59 bits per heavy atom. The van der Waals surface area contributed by atoms with Crippen molar-refractivity contribution in [3.8, 4) is 0 Å². The van der Waals surface area contributed by atoms with Gasteiger partial charge in [0.15, 0.2) is 0 Å². The molecule has 4 N–H and O–H groups in total. The predicted octanol–water partition coefficient (Wildman–Crippen LogP) is 0.0853. The van der Waals surface area contributed by atoms with Gasteiger partial charge < -0.3 is 10.5 Å². The van der Waals surface area contributed by atoms with E-state index in [9.17, 15) is 8.42 Å². The van der Waals surface area contributed by atoms with Gasteiger partial charge in [0.25, 0.3) is 0 Å². The Balaban J connectivity index is 2.73. The van der Waals surface area contributed by atoms with Gasteiger partial charge in [-0.05, 0) is 20.8 Å². The standard InChI is InChI=1S/C9H18N4O3S/c1-4-16-9(2,3)6-12-17(14,15)7-5-11-13-8(7)10/h5,12H,4,6H2,1-3H3,(H3,10,11,13). The van der Waals surface area contributed by atoms with Gasteiger partial charge in [-0.1, -0.05) is 0 Å². The Kier molecular flexibility index (Phi) is 4.12. The number of nitrogens with zero attached hydrogens (tertiary/aromatic N) is 1. The van der Waals surface area contributed by atoms with Crippen LogP contribution in [0.5, 0.6) is 0 Å². The normalized spacial score (nSPS) is 12.9. The van der Waals surface area contributed by atoms with Crippen molar-refractivity contribution in [1.29, 1.82) is 0 Å². The van der Waals surface area contributed by atoms with E-state index < -0.39 is 15.6 Å². The molecule has 0 aromatic carbocycles. The second kappa shape index (κ2) is 5.03. The Hall–Kier alpha value is -1.12. The Labute approximate surface area is 101 Å². The third-order valence-electron chi connectivity index (χ3n) is 2.14. The smallest absolute Gasteiger partial charge is 0.245 e. The van der Waals surface area contributed by atoms with E-state index in [1.165, 1.54) is 6.20 Å². The lowest BCUT2D eigenvalue weighted by Gasteiger charge is -2.24. The van der Waals surface area contributed by atoms with Crippen molar-refractivity contribution in [1.82, 2.24) is 14.9 Å². The summed E-state index contributed by atoms with van der Waals surface area (Å²) in [6, 6.07) is 0. The van der Waals surface area contributed by atoms with E-state index in [4.69, 9.17) is 10.5 Å². The molecule has 0 bridgehead atoms. The van der Waals surface area contributed by atoms with Crippen LogP contribution in [-0.4, -0.2) is 37.4 Å². The second-order valence-corrected chi connectivity index (χ2v) is 5.90. The minimum atomic E-state index is -3.65. The summed E-state index contributed by atoms with van der Waals surface area (Å²) in [6.07, 6.45) is 1.17. The maximum Gasteiger partial charge on any atom is 0.245 e. The predicted molar refractivity (Wildman–Crippen MR) is 63.9 cm³/mol. The number of aromatic amines is 1. The van der Waals surface area contributed by atoms with Crippen molar-refractivity contribution < 1.29 is 13.2 Å². The number of nitrogens with one attached hydrogen (secondary N) is 2. The molecular weight excluding hydrogens is 244 g/mol. The number of anilines is 1. The van der Waals surface area contributed by atoms with Crippen LogP contribution in [-0.2, 0) is 14.8 Å². The van der Waals surface area contributed by atoms with E-state index in [1.54, 1.807) is 13.8 Å². The average molecular weight is 262 g/mol. The number of sulfonamides is 1. The molecule has 0 fully saturated rings. The molecule has 1 heterocycles. The van der Waals surface area contributed by atoms with Crippen molar-refractivity contribution in [3.05, 3.63) is 6.20 Å². The van der Waals surface area contributed by atoms with Gasteiger partial charge in [0.05, 0.1) is 11.8 Å². The fourth-order valence-electron chi connectivity index (χ4n) is 1.29. The van der Waals surface area contributed by atoms with Crippen molar-refractivity contribution in [2.75, 3.05) is 18.9 Å². The largest absolute Gasteiger partial charge is 0.383 e. The summed E-state index contributed by atoms with van der Waals surface area (Å²) in [6.45, 7) is 6.14. The van der Waals surface area contributed by atoms with E-state index in [2.05, 4.69) is 14.9 Å². The molecule has 0 radical (unpaired) electrons. The Bertz CT molecular complexity index is 466. The van der Waals surface area contributed by atoms with Crippen LogP contribution in [0.15, 0.2) is 11.1 Å². The molecule has 1 rings (SSSR count). The number of hydrogen-bond donors (Lipinski definition) is 3. The third-order valence-corrected chi connectivity index (χ3v) is 3.57. The lowest BCUT2D eigenvalue weighted by atomic mass is 10.1. The molecule has 17 heavy (non-hydrogen) atoms. The molecule has 7 nitrogen and oxygen atoms in total. The zero-order valence-corrected chi connectivity index (χ0v) is 11.0. The fourth-order valence-corrected chi connectivity index (χ4v) is 2.51. The number of H-pyrrole nitrogens is 1. The number of aromatic nitrogens is 2. The summed E-state index contributed by atoms with van der Waals surface area (Å²) >= 11 is 0. The molecule has 0 amide bonds. The zero-order valence-electron chi connectivity index (χ0n) is 10.1. The van der Waals surface area contributed by atoms with Crippen LogP contribution in [0.1, 0.15) is 20.8 Å². The van der Waals surface area contributed by atoms with Gasteiger partial charge in [-0.25, -0.2) is 13.1 Å². The van der Waals surface area contributed by atoms with Crippen molar-refractivity contribution in [3.63, 3.8) is 0 Å². The molecular formula is C9H18N4O3S. The SMILES string of the molecule is CCOC(C)(C)CNS(=O)(=O)c1cn[nH]c1N. The molecule has 0 spiro atoms. The van der Waals surface area contributed by atoms with Crippen molar-refractivity contribution >= 4 is 15.8 Å². The first kappa shape index (κ1) is 13.9. The average Bonchev–Trinajstić information content (AvgIpc) is 2.63. The lowest BCUT2D eigenvalue weighted by Crippen LogP contribution is -2.40. The van der Waals surface area contributed by atoms with Crippen molar-refractivity contribution in [2.45, 2.75) is 31.3 Å². The molecule has 0 unspecified atom stereocenters. The van der Waals surface area contributed by atoms with E-state index in [1.807, 2.05) is 6.92 Å². The molecule has 0 aliphatic heterocycles. The van der Waals surface area contributed by atoms with Crippen LogP contribution in [0.3, 0.4) is 0 Å². The van der Waals surface area contributed by atoms with Crippen molar-refractivity contribution in [2.24, 2.45) is 0 Å². The summed E-state index contributed by atoms with van der Waals surface area (Å²) in [5, 5.41) is 5.94. The highest BCUT2D eigenvalue weighted by molar-refractivity contribution is 7.89. The quantitative estimate of drug-likeness (QED) is 0.672. The molecule has 0 saturated carbocycles. The first-order valence-electron chi connectivity index (χ1n) is 5.21. The molecule has 1 aromatic heterocycles. The minimum Gasteiger partial charge on any atom is -0.383 e. The summed E-state index contributed by atoms with van der Waals surface area (Å²) in [5.74, 6) is 0.0201. The van der Waals surface area contributed by atoms with Crippen LogP contribution in [0.2, 0.25) is 0 Å². The van der Waals surface area contributed by atoms with Crippen LogP contribution >= 0.6 is 0 Å². The van der Waals surface area contributed by atoms with Gasteiger partial charge in [-0.3, -0.25) is 5.10 Å². The number of ether oxygens (including phenoxy) is 1.